The van der Waals surface area contributed by atoms with Gasteiger partial charge in [0.25, 0.3) is 0 Å². The molecule has 0 aliphatic heterocycles. The van der Waals surface area contributed by atoms with Gasteiger partial charge in [-0.2, -0.15) is 0 Å². The molecule has 0 radical (unpaired) electrons. The minimum Gasteiger partial charge on any atom is -0.393 e. The summed E-state index contributed by atoms with van der Waals surface area (Å²) < 4.78 is 0. The highest BCUT2D eigenvalue weighted by Gasteiger charge is 2.71. The Labute approximate surface area is 199 Å². The van der Waals surface area contributed by atoms with Crippen molar-refractivity contribution in [1.82, 2.24) is 0 Å². The van der Waals surface area contributed by atoms with Crippen LogP contribution < -0.4 is 0 Å². The number of fused-ring (bicyclic) bond motifs is 5. The van der Waals surface area contributed by atoms with Crippen molar-refractivity contribution in [1.29, 1.82) is 0 Å². The summed E-state index contributed by atoms with van der Waals surface area (Å²) >= 11 is 0. The third-order valence-electron chi connectivity index (χ3n) is 11.2. The average Bonchev–Trinajstić information content (AvgIpc) is 3.00. The fourth-order valence-corrected chi connectivity index (χ4v) is 9.48. The highest BCUT2D eigenvalue weighted by atomic mass is 16.3. The van der Waals surface area contributed by atoms with Crippen LogP contribution in [0.4, 0.5) is 0 Å². The molecule has 4 fully saturated rings. The highest BCUT2D eigenvalue weighted by molar-refractivity contribution is 5.20. The van der Waals surface area contributed by atoms with E-state index in [-0.39, 0.29) is 41.6 Å². The lowest BCUT2D eigenvalue weighted by molar-refractivity contribution is -0.280. The summed E-state index contributed by atoms with van der Waals surface area (Å²) in [7, 11) is 0. The molecular formula is C27H48O6. The van der Waals surface area contributed by atoms with Gasteiger partial charge in [0.05, 0.1) is 36.1 Å². The van der Waals surface area contributed by atoms with Crippen LogP contribution in [0.3, 0.4) is 0 Å². The number of hydrogen-bond donors (Lipinski definition) is 6. The number of aliphatic hydroxyl groups is 6. The Balaban J connectivity index is 1.61. The van der Waals surface area contributed by atoms with Crippen LogP contribution in [0.1, 0.15) is 86.0 Å². The van der Waals surface area contributed by atoms with Crippen LogP contribution in [-0.4, -0.2) is 66.8 Å². The lowest BCUT2D eigenvalue weighted by Gasteiger charge is -2.66. The highest BCUT2D eigenvalue weighted by Crippen LogP contribution is 2.69. The third kappa shape index (κ3) is 3.82. The molecule has 4 saturated carbocycles. The zero-order valence-corrected chi connectivity index (χ0v) is 21.2. The Bertz CT molecular complexity index is 715. The SMILES string of the molecule is CC(C)[C@@H](O)CC[C@@H](C)[C@H]1C[C@@H](O)[C@@H]2[C@]1(C)CC[C@@H]1[C@@]3(C)CC[C@H](O)[C@H](O)[C@@H]3[C@@H](O)C[C@]12O. The lowest BCUT2D eigenvalue weighted by atomic mass is 9.41. The fraction of sp³-hybridized carbons (Fsp3) is 1.00. The van der Waals surface area contributed by atoms with Gasteiger partial charge in [0.2, 0.25) is 0 Å². The molecule has 4 rings (SSSR count). The van der Waals surface area contributed by atoms with E-state index in [1.165, 1.54) is 0 Å². The largest absolute Gasteiger partial charge is 0.393 e. The van der Waals surface area contributed by atoms with Gasteiger partial charge in [-0.1, -0.05) is 34.6 Å². The van der Waals surface area contributed by atoms with E-state index in [2.05, 4.69) is 20.8 Å². The van der Waals surface area contributed by atoms with Crippen LogP contribution >= 0.6 is 0 Å². The number of hydrogen-bond acceptors (Lipinski definition) is 6. The molecule has 0 amide bonds. The van der Waals surface area contributed by atoms with Gasteiger partial charge in [0.1, 0.15) is 0 Å². The van der Waals surface area contributed by atoms with Gasteiger partial charge in [0.15, 0.2) is 0 Å². The smallest absolute Gasteiger partial charge is 0.0857 e. The van der Waals surface area contributed by atoms with Gasteiger partial charge in [-0.3, -0.25) is 0 Å². The molecule has 33 heavy (non-hydrogen) atoms. The van der Waals surface area contributed by atoms with E-state index in [9.17, 15) is 30.6 Å². The molecule has 6 nitrogen and oxygen atoms in total. The molecule has 4 aliphatic rings. The van der Waals surface area contributed by atoms with E-state index in [1.807, 2.05) is 13.8 Å². The second-order valence-corrected chi connectivity index (χ2v) is 13.2. The second-order valence-electron chi connectivity index (χ2n) is 13.2. The number of aliphatic hydroxyl groups excluding tert-OH is 5. The van der Waals surface area contributed by atoms with E-state index >= 15 is 0 Å². The normalized spacial score (nSPS) is 53.8. The van der Waals surface area contributed by atoms with Crippen molar-refractivity contribution in [2.24, 2.45) is 46.3 Å². The molecular weight excluding hydrogens is 420 g/mol. The molecule has 192 valence electrons. The minimum atomic E-state index is -1.19. The Morgan fingerprint density at radius 2 is 1.48 bits per heavy atom. The summed E-state index contributed by atoms with van der Waals surface area (Å²) in [6.07, 6.45) is 1.60. The molecule has 0 aromatic carbocycles. The maximum absolute atomic E-state index is 12.3. The molecule has 4 aliphatic carbocycles. The van der Waals surface area contributed by atoms with Crippen molar-refractivity contribution in [3.8, 4) is 0 Å². The summed E-state index contributed by atoms with van der Waals surface area (Å²) in [5.41, 5.74) is -1.90. The van der Waals surface area contributed by atoms with Crippen LogP contribution in [-0.2, 0) is 0 Å². The minimum absolute atomic E-state index is 0.120. The Kier molecular flexibility index (Phi) is 6.82. The molecule has 0 saturated heterocycles. The van der Waals surface area contributed by atoms with E-state index in [0.717, 1.165) is 25.7 Å². The zero-order valence-electron chi connectivity index (χ0n) is 21.2. The van der Waals surface area contributed by atoms with Gasteiger partial charge < -0.3 is 30.6 Å². The molecule has 0 spiro atoms. The van der Waals surface area contributed by atoms with Crippen LogP contribution in [0.2, 0.25) is 0 Å². The first-order valence-electron chi connectivity index (χ1n) is 13.4. The summed E-state index contributed by atoms with van der Waals surface area (Å²) in [5, 5.41) is 66.2. The Hall–Kier alpha value is -0.240. The van der Waals surface area contributed by atoms with Crippen molar-refractivity contribution in [2.75, 3.05) is 0 Å². The van der Waals surface area contributed by atoms with Gasteiger partial charge in [-0.05, 0) is 79.4 Å². The number of rotatable bonds is 5. The lowest BCUT2D eigenvalue weighted by Crippen LogP contribution is -2.70. The van der Waals surface area contributed by atoms with Gasteiger partial charge >= 0.3 is 0 Å². The quantitative estimate of drug-likeness (QED) is 0.369. The third-order valence-corrected chi connectivity index (χ3v) is 11.2. The summed E-state index contributed by atoms with van der Waals surface area (Å²) in [5.74, 6) is -0.0861. The molecule has 0 heterocycles. The van der Waals surface area contributed by atoms with Crippen LogP contribution in [0.5, 0.6) is 0 Å². The van der Waals surface area contributed by atoms with Crippen molar-refractivity contribution >= 4 is 0 Å². The maximum atomic E-state index is 12.3. The van der Waals surface area contributed by atoms with E-state index < -0.39 is 41.3 Å². The van der Waals surface area contributed by atoms with Gasteiger partial charge in [-0.25, -0.2) is 0 Å². The summed E-state index contributed by atoms with van der Waals surface area (Å²) in [6.45, 7) is 10.6. The molecule has 0 aromatic rings. The van der Waals surface area contributed by atoms with Crippen molar-refractivity contribution in [2.45, 2.75) is 122 Å². The first kappa shape index (κ1) is 25.8. The van der Waals surface area contributed by atoms with E-state index in [0.29, 0.717) is 25.2 Å². The summed E-state index contributed by atoms with van der Waals surface area (Å²) in [4.78, 5) is 0. The van der Waals surface area contributed by atoms with Crippen molar-refractivity contribution in [3.05, 3.63) is 0 Å². The molecule has 6 heteroatoms. The second kappa shape index (κ2) is 8.70. The van der Waals surface area contributed by atoms with Crippen LogP contribution in [0.15, 0.2) is 0 Å². The monoisotopic (exact) mass is 468 g/mol. The van der Waals surface area contributed by atoms with Crippen LogP contribution in [0.25, 0.3) is 0 Å². The van der Waals surface area contributed by atoms with Crippen molar-refractivity contribution in [3.63, 3.8) is 0 Å². The molecule has 0 unspecified atom stereocenters. The standard InChI is InChI=1S/C27H48O6/c1-14(2)17(28)7-6-15(3)16-12-19(30)24-25(16,4)11-9-21-26(5)10-8-18(29)23(32)22(26)20(31)13-27(21,24)33/h14-24,28-33H,6-13H2,1-5H3/t15-,16-,17+,18+,19-,20+,21-,22+,23+,24-,25-,26-,27+/m1/s1. The molecule has 0 bridgehead atoms. The van der Waals surface area contributed by atoms with Crippen LogP contribution in [0, 0.1) is 46.3 Å². The first-order chi connectivity index (χ1) is 15.3. The maximum Gasteiger partial charge on any atom is 0.0857 e. The predicted molar refractivity (Wildman–Crippen MR) is 126 cm³/mol. The Morgan fingerprint density at radius 3 is 2.12 bits per heavy atom. The molecule has 13 atom stereocenters. The van der Waals surface area contributed by atoms with Gasteiger partial charge in [0, 0.05) is 18.3 Å². The van der Waals surface area contributed by atoms with E-state index in [4.69, 9.17) is 0 Å². The fourth-order valence-electron chi connectivity index (χ4n) is 9.48. The summed E-state index contributed by atoms with van der Waals surface area (Å²) in [6, 6.07) is 0. The first-order valence-corrected chi connectivity index (χ1v) is 13.4. The molecule has 0 aromatic heterocycles. The zero-order chi connectivity index (χ0) is 24.5. The van der Waals surface area contributed by atoms with Gasteiger partial charge in [-0.15, -0.1) is 0 Å². The Morgan fingerprint density at radius 1 is 0.848 bits per heavy atom. The van der Waals surface area contributed by atoms with E-state index in [1.54, 1.807) is 0 Å². The topological polar surface area (TPSA) is 121 Å². The predicted octanol–water partition coefficient (Wildman–Crippen LogP) is 2.47. The molecule has 6 N–H and O–H groups in total. The average molecular weight is 469 g/mol. The van der Waals surface area contributed by atoms with Crippen molar-refractivity contribution < 1.29 is 30.6 Å².